The SMILES string of the molecule is CCOC(=O)CCc1cccc2c1OCCC2(C)C(=O)OC(C)(C)C. The quantitative estimate of drug-likeness (QED) is 0.761. The fourth-order valence-electron chi connectivity index (χ4n) is 2.95. The molecule has 1 atom stereocenters. The molecule has 1 aromatic carbocycles. The first kappa shape index (κ1) is 19.3. The monoisotopic (exact) mass is 348 g/mol. The van der Waals surface area contributed by atoms with E-state index in [-0.39, 0.29) is 18.4 Å². The molecule has 0 aromatic heterocycles. The minimum absolute atomic E-state index is 0.231. The smallest absolute Gasteiger partial charge is 0.317 e. The number of rotatable bonds is 5. The Morgan fingerprint density at radius 3 is 2.64 bits per heavy atom. The number of ether oxygens (including phenoxy) is 3. The first-order valence-electron chi connectivity index (χ1n) is 8.81. The molecule has 1 aliphatic heterocycles. The van der Waals surface area contributed by atoms with Crippen molar-refractivity contribution in [3.8, 4) is 5.75 Å². The third-order valence-corrected chi connectivity index (χ3v) is 4.29. The topological polar surface area (TPSA) is 61.8 Å². The van der Waals surface area contributed by atoms with Gasteiger partial charge in [-0.25, -0.2) is 0 Å². The zero-order valence-electron chi connectivity index (χ0n) is 15.8. The number of aryl methyl sites for hydroxylation is 1. The van der Waals surface area contributed by atoms with E-state index < -0.39 is 11.0 Å². The number of benzene rings is 1. The van der Waals surface area contributed by atoms with Crippen LogP contribution in [0.15, 0.2) is 18.2 Å². The maximum atomic E-state index is 12.8. The summed E-state index contributed by atoms with van der Waals surface area (Å²) < 4.78 is 16.5. The van der Waals surface area contributed by atoms with E-state index in [1.165, 1.54) is 0 Å². The summed E-state index contributed by atoms with van der Waals surface area (Å²) in [7, 11) is 0. The molecule has 25 heavy (non-hydrogen) atoms. The van der Waals surface area contributed by atoms with E-state index in [1.54, 1.807) is 6.92 Å². The molecule has 138 valence electrons. The minimum Gasteiger partial charge on any atom is -0.493 e. The molecule has 0 bridgehead atoms. The summed E-state index contributed by atoms with van der Waals surface area (Å²) in [6.07, 6.45) is 1.37. The number of carbonyl (C=O) groups is 2. The van der Waals surface area contributed by atoms with Crippen LogP contribution in [-0.4, -0.2) is 30.8 Å². The molecule has 0 spiro atoms. The van der Waals surface area contributed by atoms with Crippen LogP contribution in [0, 0.1) is 0 Å². The van der Waals surface area contributed by atoms with Crippen molar-refractivity contribution in [3.05, 3.63) is 29.3 Å². The maximum absolute atomic E-state index is 12.8. The number of hydrogen-bond acceptors (Lipinski definition) is 5. The van der Waals surface area contributed by atoms with Crippen molar-refractivity contribution >= 4 is 11.9 Å². The molecule has 1 unspecified atom stereocenters. The molecule has 0 amide bonds. The van der Waals surface area contributed by atoms with E-state index in [2.05, 4.69) is 0 Å². The Kier molecular flexibility index (Phi) is 5.76. The third kappa shape index (κ3) is 4.53. The lowest BCUT2D eigenvalue weighted by Crippen LogP contribution is -2.42. The fourth-order valence-corrected chi connectivity index (χ4v) is 2.95. The van der Waals surface area contributed by atoms with Crippen LogP contribution in [0.5, 0.6) is 5.75 Å². The molecule has 0 radical (unpaired) electrons. The highest BCUT2D eigenvalue weighted by Gasteiger charge is 2.43. The fraction of sp³-hybridized carbons (Fsp3) is 0.600. The van der Waals surface area contributed by atoms with Gasteiger partial charge in [-0.3, -0.25) is 9.59 Å². The van der Waals surface area contributed by atoms with Crippen LogP contribution in [0.4, 0.5) is 0 Å². The van der Waals surface area contributed by atoms with Crippen molar-refractivity contribution < 1.29 is 23.8 Å². The zero-order chi connectivity index (χ0) is 18.7. The van der Waals surface area contributed by atoms with E-state index in [0.29, 0.717) is 31.8 Å². The van der Waals surface area contributed by atoms with Gasteiger partial charge in [-0.2, -0.15) is 0 Å². The van der Waals surface area contributed by atoms with Crippen LogP contribution in [-0.2, 0) is 30.9 Å². The molecule has 1 aromatic rings. The van der Waals surface area contributed by atoms with Crippen LogP contribution < -0.4 is 4.74 Å². The van der Waals surface area contributed by atoms with Crippen LogP contribution in [0.25, 0.3) is 0 Å². The highest BCUT2D eigenvalue weighted by atomic mass is 16.6. The Balaban J connectivity index is 2.28. The van der Waals surface area contributed by atoms with Gasteiger partial charge in [0.2, 0.25) is 0 Å². The molecule has 1 heterocycles. The average molecular weight is 348 g/mol. The Hall–Kier alpha value is -2.04. The molecule has 0 fully saturated rings. The predicted octanol–water partition coefficient (Wildman–Crippen LogP) is 3.56. The number of esters is 2. The Morgan fingerprint density at radius 2 is 2.00 bits per heavy atom. The second kappa shape index (κ2) is 7.46. The zero-order valence-corrected chi connectivity index (χ0v) is 15.8. The normalized spacial score (nSPS) is 19.6. The average Bonchev–Trinajstić information content (AvgIpc) is 2.52. The van der Waals surface area contributed by atoms with E-state index >= 15 is 0 Å². The number of para-hydroxylation sites is 1. The Morgan fingerprint density at radius 1 is 1.28 bits per heavy atom. The van der Waals surface area contributed by atoms with Crippen molar-refractivity contribution in [2.75, 3.05) is 13.2 Å². The van der Waals surface area contributed by atoms with Gasteiger partial charge in [0.25, 0.3) is 0 Å². The van der Waals surface area contributed by atoms with Gasteiger partial charge in [-0.15, -0.1) is 0 Å². The van der Waals surface area contributed by atoms with Crippen LogP contribution in [0.2, 0.25) is 0 Å². The molecule has 0 saturated heterocycles. The van der Waals surface area contributed by atoms with Crippen molar-refractivity contribution in [2.24, 2.45) is 0 Å². The molecule has 5 heteroatoms. The molecule has 2 rings (SSSR count). The van der Waals surface area contributed by atoms with Crippen LogP contribution in [0.3, 0.4) is 0 Å². The van der Waals surface area contributed by atoms with E-state index in [9.17, 15) is 9.59 Å². The summed E-state index contributed by atoms with van der Waals surface area (Å²) >= 11 is 0. The van der Waals surface area contributed by atoms with E-state index in [1.807, 2.05) is 45.9 Å². The van der Waals surface area contributed by atoms with Crippen molar-refractivity contribution in [2.45, 2.75) is 64.9 Å². The van der Waals surface area contributed by atoms with Crippen molar-refractivity contribution in [1.29, 1.82) is 0 Å². The highest BCUT2D eigenvalue weighted by molar-refractivity contribution is 5.84. The molecular weight excluding hydrogens is 320 g/mol. The Bertz CT molecular complexity index is 644. The number of fused-ring (bicyclic) bond motifs is 1. The molecule has 0 saturated carbocycles. The van der Waals surface area contributed by atoms with Crippen LogP contribution in [0.1, 0.15) is 58.6 Å². The van der Waals surface area contributed by atoms with Gasteiger partial charge in [0.05, 0.1) is 18.6 Å². The van der Waals surface area contributed by atoms with Gasteiger partial charge in [0.15, 0.2) is 0 Å². The molecular formula is C20H28O5. The molecule has 1 aliphatic rings. The van der Waals surface area contributed by atoms with Gasteiger partial charge in [-0.1, -0.05) is 18.2 Å². The molecule has 5 nitrogen and oxygen atoms in total. The lowest BCUT2D eigenvalue weighted by atomic mass is 9.76. The second-order valence-electron chi connectivity index (χ2n) is 7.53. The first-order valence-corrected chi connectivity index (χ1v) is 8.81. The third-order valence-electron chi connectivity index (χ3n) is 4.29. The summed E-state index contributed by atoms with van der Waals surface area (Å²) in [4.78, 5) is 24.4. The van der Waals surface area contributed by atoms with Crippen LogP contribution >= 0.6 is 0 Å². The van der Waals surface area contributed by atoms with E-state index in [0.717, 1.165) is 11.1 Å². The largest absolute Gasteiger partial charge is 0.493 e. The van der Waals surface area contributed by atoms with Gasteiger partial charge in [0, 0.05) is 18.4 Å². The Labute approximate surface area is 149 Å². The minimum atomic E-state index is -0.749. The lowest BCUT2D eigenvalue weighted by Gasteiger charge is -2.36. The summed E-state index contributed by atoms with van der Waals surface area (Å²) in [6.45, 7) is 10.1. The predicted molar refractivity (Wildman–Crippen MR) is 94.7 cm³/mol. The highest BCUT2D eigenvalue weighted by Crippen LogP contribution is 2.42. The number of carbonyl (C=O) groups excluding carboxylic acids is 2. The first-order chi connectivity index (χ1) is 11.7. The summed E-state index contributed by atoms with van der Waals surface area (Å²) in [5.41, 5.74) is 0.454. The molecule has 0 aliphatic carbocycles. The summed E-state index contributed by atoms with van der Waals surface area (Å²) in [5.74, 6) is 0.226. The molecule has 0 N–H and O–H groups in total. The van der Waals surface area contributed by atoms with E-state index in [4.69, 9.17) is 14.2 Å². The maximum Gasteiger partial charge on any atom is 0.317 e. The van der Waals surface area contributed by atoms with Gasteiger partial charge < -0.3 is 14.2 Å². The number of hydrogen-bond donors (Lipinski definition) is 0. The van der Waals surface area contributed by atoms with Crippen molar-refractivity contribution in [1.82, 2.24) is 0 Å². The lowest BCUT2D eigenvalue weighted by molar-refractivity contribution is -0.162. The van der Waals surface area contributed by atoms with Crippen molar-refractivity contribution in [3.63, 3.8) is 0 Å². The second-order valence-corrected chi connectivity index (χ2v) is 7.53. The van der Waals surface area contributed by atoms with Gasteiger partial charge >= 0.3 is 11.9 Å². The summed E-state index contributed by atoms with van der Waals surface area (Å²) in [5, 5.41) is 0. The summed E-state index contributed by atoms with van der Waals surface area (Å²) in [6, 6.07) is 5.74. The van der Waals surface area contributed by atoms with Gasteiger partial charge in [0.1, 0.15) is 11.4 Å². The standard InChI is InChI=1S/C20H28O5/c1-6-23-16(21)11-10-14-8-7-9-15-17(14)24-13-12-20(15,5)18(22)25-19(2,3)4/h7-9H,6,10-13H2,1-5H3. The van der Waals surface area contributed by atoms with Gasteiger partial charge in [-0.05, 0) is 46.6 Å².